The van der Waals surface area contributed by atoms with Crippen molar-refractivity contribution in [2.75, 3.05) is 19.6 Å². The van der Waals surface area contributed by atoms with Gasteiger partial charge in [0.05, 0.1) is 11.4 Å². The molecule has 0 spiro atoms. The molecule has 9 aromatic rings. The second-order valence-corrected chi connectivity index (χ2v) is 19.9. The topological polar surface area (TPSA) is 13.0 Å². The Morgan fingerprint density at radius 1 is 0.449 bits per heavy atom. The molecule has 9 aromatic carbocycles. The van der Waals surface area contributed by atoms with Crippen LogP contribution < -0.4 is 19.6 Å². The largest absolute Gasteiger partial charge is 0.311 e. The Morgan fingerprint density at radius 2 is 0.949 bits per heavy atom. The minimum Gasteiger partial charge on any atom is -0.311 e. The molecule has 382 valence electrons. The molecule has 10 rings (SSSR count). The van der Waals surface area contributed by atoms with Crippen molar-refractivity contribution in [2.24, 2.45) is 0 Å². The number of benzene rings is 9. The third kappa shape index (κ3) is 10.1. The number of nitrogens with zero attached hydrogens (tertiary/aromatic N) is 4. The molecule has 0 aliphatic heterocycles. The molecule has 0 amide bonds. The van der Waals surface area contributed by atoms with Crippen LogP contribution in [0.2, 0.25) is 0 Å². The van der Waals surface area contributed by atoms with Gasteiger partial charge in [0.1, 0.15) is 0 Å². The van der Waals surface area contributed by atoms with Gasteiger partial charge in [0.15, 0.2) is 0 Å². The molecule has 0 saturated carbocycles. The first-order chi connectivity index (χ1) is 38.2. The van der Waals surface area contributed by atoms with Crippen LogP contribution in [0.4, 0.5) is 51.2 Å². The fourth-order valence-corrected chi connectivity index (χ4v) is 11.0. The first-order valence-electron chi connectivity index (χ1n) is 26.8. The zero-order valence-corrected chi connectivity index (χ0v) is 45.4. The Labute approximate surface area is 462 Å². The van der Waals surface area contributed by atoms with Crippen molar-refractivity contribution < 1.29 is 0 Å². The van der Waals surface area contributed by atoms with E-state index in [0.29, 0.717) is 0 Å². The summed E-state index contributed by atoms with van der Waals surface area (Å²) in [5, 5.41) is 2.39. The summed E-state index contributed by atoms with van der Waals surface area (Å²) in [5.41, 5.74) is 19.6. The van der Waals surface area contributed by atoms with Crippen molar-refractivity contribution in [1.29, 1.82) is 0 Å². The molecule has 0 unspecified atom stereocenters. The van der Waals surface area contributed by atoms with Crippen molar-refractivity contribution in [3.8, 4) is 11.1 Å². The molecule has 0 bridgehead atoms. The lowest BCUT2D eigenvalue weighted by atomic mass is 9.82. The normalized spacial score (nSPS) is 13.1. The Bertz CT molecular complexity index is 3790. The molecule has 0 fully saturated rings. The van der Waals surface area contributed by atoms with Gasteiger partial charge in [0.25, 0.3) is 0 Å². The number of allylic oxidation sites excluding steroid dienone is 10. The number of hydrogen-bond donors (Lipinski definition) is 0. The van der Waals surface area contributed by atoms with Gasteiger partial charge in [0, 0.05) is 73.3 Å². The molecule has 0 aromatic heterocycles. The van der Waals surface area contributed by atoms with E-state index < -0.39 is 0 Å². The Morgan fingerprint density at radius 3 is 1.53 bits per heavy atom. The highest BCUT2D eigenvalue weighted by Crippen LogP contribution is 2.52. The first-order valence-corrected chi connectivity index (χ1v) is 26.8. The van der Waals surface area contributed by atoms with Gasteiger partial charge < -0.3 is 19.6 Å². The van der Waals surface area contributed by atoms with Gasteiger partial charge >= 0.3 is 0 Å². The van der Waals surface area contributed by atoms with Crippen LogP contribution in [0.5, 0.6) is 0 Å². The Balaban J connectivity index is 1.03. The molecule has 1 aliphatic rings. The highest BCUT2D eigenvalue weighted by atomic mass is 15.2. The molecule has 78 heavy (non-hydrogen) atoms. The maximum atomic E-state index is 4.34. The lowest BCUT2D eigenvalue weighted by Crippen LogP contribution is -2.20. The lowest BCUT2D eigenvalue weighted by Gasteiger charge is -2.31. The summed E-state index contributed by atoms with van der Waals surface area (Å²) in [6.07, 6.45) is 20.3. The summed E-state index contributed by atoms with van der Waals surface area (Å²) in [5.74, 6) is 0. The van der Waals surface area contributed by atoms with E-state index in [1.165, 1.54) is 38.6 Å². The number of fused-ring (bicyclic) bond motifs is 4. The van der Waals surface area contributed by atoms with Gasteiger partial charge in [-0.25, -0.2) is 0 Å². The van der Waals surface area contributed by atoms with Crippen molar-refractivity contribution in [3.63, 3.8) is 0 Å². The van der Waals surface area contributed by atoms with Gasteiger partial charge in [-0.2, -0.15) is 0 Å². The van der Waals surface area contributed by atoms with Gasteiger partial charge in [-0.3, -0.25) is 0 Å². The van der Waals surface area contributed by atoms with Gasteiger partial charge in [-0.05, 0) is 181 Å². The predicted molar refractivity (Wildman–Crippen MR) is 337 cm³/mol. The third-order valence-electron chi connectivity index (χ3n) is 14.7. The van der Waals surface area contributed by atoms with E-state index >= 15 is 0 Å². The van der Waals surface area contributed by atoms with E-state index in [1.807, 2.05) is 31.2 Å². The van der Waals surface area contributed by atoms with Gasteiger partial charge in [-0.1, -0.05) is 179 Å². The number of rotatable bonds is 18. The van der Waals surface area contributed by atoms with E-state index in [2.05, 4.69) is 316 Å². The molecular weight excluding hydrogens is 945 g/mol. The fourth-order valence-electron chi connectivity index (χ4n) is 11.0. The van der Waals surface area contributed by atoms with E-state index in [4.69, 9.17) is 0 Å². The monoisotopic (exact) mass is 1010 g/mol. The maximum absolute atomic E-state index is 4.34. The fraction of sp³-hybridized carbons (Fsp3) is 0.0811. The number of aryl methyl sites for hydroxylation is 1. The quantitative estimate of drug-likeness (QED) is 0.0794. The van der Waals surface area contributed by atoms with E-state index in [-0.39, 0.29) is 5.41 Å². The SMILES string of the molecule is C=C/C=C\C(=C/C)N(c1ccc(N(/C(=C/C=C)c2ccccc2C)c2ccccc2)cc1)c1ccc2c(c1)C(C)(C)c1cc(N(/C(C=C)=C/C=C\C)c3ccc(N(c4ccccc4)c4cccc5ccccc45)cc3)ccc1-2. The minimum absolute atomic E-state index is 0.343. The van der Waals surface area contributed by atoms with Crippen LogP contribution in [0.15, 0.2) is 304 Å². The summed E-state index contributed by atoms with van der Waals surface area (Å²) < 4.78 is 0. The van der Waals surface area contributed by atoms with Crippen LogP contribution in [-0.4, -0.2) is 0 Å². The van der Waals surface area contributed by atoms with Crippen LogP contribution in [0.1, 0.15) is 49.9 Å². The molecule has 0 heterocycles. The van der Waals surface area contributed by atoms with Crippen LogP contribution >= 0.6 is 0 Å². The smallest absolute Gasteiger partial charge is 0.0540 e. The molecular formula is C74H66N4. The summed E-state index contributed by atoms with van der Waals surface area (Å²) in [6.45, 7) is 23.5. The lowest BCUT2D eigenvalue weighted by molar-refractivity contribution is 0.660. The second kappa shape index (κ2) is 23.1. The Hall–Kier alpha value is -9.64. The molecule has 4 nitrogen and oxygen atoms in total. The number of para-hydroxylation sites is 2. The number of anilines is 9. The van der Waals surface area contributed by atoms with Crippen LogP contribution in [0.25, 0.3) is 27.6 Å². The zero-order valence-electron chi connectivity index (χ0n) is 45.4. The number of hydrogen-bond acceptors (Lipinski definition) is 4. The van der Waals surface area contributed by atoms with Crippen molar-refractivity contribution in [2.45, 2.75) is 40.0 Å². The minimum atomic E-state index is -0.343. The summed E-state index contributed by atoms with van der Waals surface area (Å²) in [4.78, 5) is 9.32. The average molecular weight is 1010 g/mol. The van der Waals surface area contributed by atoms with Gasteiger partial charge in [-0.15, -0.1) is 0 Å². The molecule has 0 N–H and O–H groups in total. The molecule has 4 heteroatoms. The highest BCUT2D eigenvalue weighted by molar-refractivity contribution is 5.99. The van der Waals surface area contributed by atoms with E-state index in [0.717, 1.165) is 73.8 Å². The van der Waals surface area contributed by atoms with Crippen LogP contribution in [-0.2, 0) is 5.41 Å². The summed E-state index contributed by atoms with van der Waals surface area (Å²) >= 11 is 0. The van der Waals surface area contributed by atoms with Crippen LogP contribution in [0, 0.1) is 6.92 Å². The summed E-state index contributed by atoms with van der Waals surface area (Å²) in [6, 6.07) is 76.5. The van der Waals surface area contributed by atoms with Crippen LogP contribution in [0.3, 0.4) is 0 Å². The third-order valence-corrected chi connectivity index (χ3v) is 14.7. The standard InChI is InChI=1S/C74H66N4/c1-9-14-31-56(12-4)75(60-40-44-62(45-41-60)77(58-33-18-16-19-34-58)72(27-11-3)66-37-24-22-28-54(66)6)64-48-50-68-69-51-49-65(53-71(69)74(7,8)70(68)52-64)76(57(13-5)32-15-10-2)61-42-46-63(47-43-61)78(59-35-20-17-21-36-59)73-39-26-30-55-29-23-25-38-67(55)73/h9-53H,1,3,5H2,2,4,6-8H3/b15-10-,31-14-,56-12+,57-32+,72-27+. The van der Waals surface area contributed by atoms with E-state index in [1.54, 1.807) is 0 Å². The molecule has 0 atom stereocenters. The molecule has 1 aliphatic carbocycles. The van der Waals surface area contributed by atoms with E-state index in [9.17, 15) is 0 Å². The molecule has 0 saturated heterocycles. The average Bonchev–Trinajstić information content (AvgIpc) is 3.71. The van der Waals surface area contributed by atoms with Crippen molar-refractivity contribution >= 4 is 67.7 Å². The van der Waals surface area contributed by atoms with Gasteiger partial charge in [0.2, 0.25) is 0 Å². The Kier molecular flexibility index (Phi) is 15.3. The highest BCUT2D eigenvalue weighted by Gasteiger charge is 2.37. The summed E-state index contributed by atoms with van der Waals surface area (Å²) in [7, 11) is 0. The zero-order chi connectivity index (χ0) is 54.2. The predicted octanol–water partition coefficient (Wildman–Crippen LogP) is 20.9. The second-order valence-electron chi connectivity index (χ2n) is 19.9. The van der Waals surface area contributed by atoms with Crippen molar-refractivity contribution in [1.82, 2.24) is 0 Å². The first kappa shape index (κ1) is 51.8. The molecule has 0 radical (unpaired) electrons. The van der Waals surface area contributed by atoms with Crippen molar-refractivity contribution in [3.05, 3.63) is 326 Å². The maximum Gasteiger partial charge on any atom is 0.0540 e.